The van der Waals surface area contributed by atoms with Crippen LogP contribution in [0.1, 0.15) is 27.8 Å². The van der Waals surface area contributed by atoms with Crippen LogP contribution < -0.4 is 5.73 Å². The average Bonchev–Trinajstić information content (AvgIpc) is 2.25. The number of rotatable bonds is 2. The predicted molar refractivity (Wildman–Crippen MR) is 74.3 cm³/mol. The summed E-state index contributed by atoms with van der Waals surface area (Å²) >= 11 is 0. The van der Waals surface area contributed by atoms with Gasteiger partial charge in [-0.3, -0.25) is 0 Å². The summed E-state index contributed by atoms with van der Waals surface area (Å²) in [6.07, 6.45) is 0.958. The van der Waals surface area contributed by atoms with Crippen LogP contribution in [0.25, 0.3) is 0 Å². The fourth-order valence-electron chi connectivity index (χ4n) is 2.19. The molecule has 88 valence electrons. The van der Waals surface area contributed by atoms with Crippen molar-refractivity contribution >= 4 is 5.69 Å². The molecule has 2 aromatic carbocycles. The van der Waals surface area contributed by atoms with E-state index in [2.05, 4.69) is 51.1 Å². The molecule has 0 saturated heterocycles. The van der Waals surface area contributed by atoms with Crippen LogP contribution in [-0.4, -0.2) is 0 Å². The molecule has 17 heavy (non-hydrogen) atoms. The van der Waals surface area contributed by atoms with Crippen LogP contribution in [-0.2, 0) is 6.42 Å². The lowest BCUT2D eigenvalue weighted by Crippen LogP contribution is -1.98. The first-order valence-electron chi connectivity index (χ1n) is 5.97. The van der Waals surface area contributed by atoms with E-state index in [1.807, 2.05) is 6.07 Å². The van der Waals surface area contributed by atoms with Crippen LogP contribution in [0.3, 0.4) is 0 Å². The Morgan fingerprint density at radius 3 is 2.41 bits per heavy atom. The molecular formula is C16H19N. The lowest BCUT2D eigenvalue weighted by Gasteiger charge is -2.10. The van der Waals surface area contributed by atoms with E-state index < -0.39 is 0 Å². The first kappa shape index (κ1) is 11.7. The zero-order valence-electron chi connectivity index (χ0n) is 10.7. The second kappa shape index (κ2) is 4.62. The van der Waals surface area contributed by atoms with Gasteiger partial charge in [0.15, 0.2) is 0 Å². The molecule has 2 aromatic rings. The van der Waals surface area contributed by atoms with Gasteiger partial charge in [0.1, 0.15) is 0 Å². The lowest BCUT2D eigenvalue weighted by atomic mass is 9.96. The maximum atomic E-state index is 6.01. The molecule has 1 heteroatoms. The minimum Gasteiger partial charge on any atom is -0.398 e. The van der Waals surface area contributed by atoms with Gasteiger partial charge in [0, 0.05) is 5.69 Å². The molecule has 0 atom stereocenters. The summed E-state index contributed by atoms with van der Waals surface area (Å²) in [4.78, 5) is 0. The van der Waals surface area contributed by atoms with Gasteiger partial charge in [-0.1, -0.05) is 35.9 Å². The molecule has 0 unspecified atom stereocenters. The van der Waals surface area contributed by atoms with Gasteiger partial charge >= 0.3 is 0 Å². The van der Waals surface area contributed by atoms with Crippen molar-refractivity contribution in [2.75, 3.05) is 5.73 Å². The van der Waals surface area contributed by atoms with E-state index in [9.17, 15) is 0 Å². The molecule has 0 aliphatic heterocycles. The standard InChI is InChI=1S/C16H19N/c1-11-5-4-6-14(7-11)10-15-8-12(2)9-16(17)13(15)3/h4-9H,10,17H2,1-3H3. The number of anilines is 1. The highest BCUT2D eigenvalue weighted by molar-refractivity contribution is 5.53. The van der Waals surface area contributed by atoms with E-state index in [1.165, 1.54) is 27.8 Å². The highest BCUT2D eigenvalue weighted by Crippen LogP contribution is 2.21. The predicted octanol–water partition coefficient (Wildman–Crippen LogP) is 3.78. The Morgan fingerprint density at radius 2 is 1.71 bits per heavy atom. The first-order valence-corrected chi connectivity index (χ1v) is 5.97. The number of benzene rings is 2. The molecule has 0 fully saturated rings. The van der Waals surface area contributed by atoms with E-state index in [-0.39, 0.29) is 0 Å². The summed E-state index contributed by atoms with van der Waals surface area (Å²) in [6, 6.07) is 12.9. The molecule has 0 spiro atoms. The Morgan fingerprint density at radius 1 is 0.941 bits per heavy atom. The van der Waals surface area contributed by atoms with Crippen LogP contribution in [0, 0.1) is 20.8 Å². The van der Waals surface area contributed by atoms with Crippen LogP contribution in [0.5, 0.6) is 0 Å². The van der Waals surface area contributed by atoms with E-state index in [1.54, 1.807) is 0 Å². The van der Waals surface area contributed by atoms with Gasteiger partial charge in [0.2, 0.25) is 0 Å². The molecule has 0 radical (unpaired) electrons. The van der Waals surface area contributed by atoms with Crippen LogP contribution in [0.4, 0.5) is 5.69 Å². The van der Waals surface area contributed by atoms with Crippen molar-refractivity contribution in [3.8, 4) is 0 Å². The zero-order valence-corrected chi connectivity index (χ0v) is 10.7. The van der Waals surface area contributed by atoms with Crippen molar-refractivity contribution in [2.24, 2.45) is 0 Å². The van der Waals surface area contributed by atoms with Crippen molar-refractivity contribution in [2.45, 2.75) is 27.2 Å². The third-order valence-corrected chi connectivity index (χ3v) is 3.18. The quantitative estimate of drug-likeness (QED) is 0.773. The summed E-state index contributed by atoms with van der Waals surface area (Å²) in [5.74, 6) is 0. The Bertz CT molecular complexity index is 541. The van der Waals surface area contributed by atoms with Gasteiger partial charge in [-0.25, -0.2) is 0 Å². The molecule has 0 amide bonds. The van der Waals surface area contributed by atoms with Gasteiger partial charge in [-0.05, 0) is 55.5 Å². The van der Waals surface area contributed by atoms with E-state index in [0.717, 1.165) is 12.1 Å². The molecular weight excluding hydrogens is 206 g/mol. The fraction of sp³-hybridized carbons (Fsp3) is 0.250. The Hall–Kier alpha value is -1.76. The van der Waals surface area contributed by atoms with Gasteiger partial charge in [-0.2, -0.15) is 0 Å². The number of hydrogen-bond donors (Lipinski definition) is 1. The molecule has 0 aliphatic rings. The molecule has 0 aromatic heterocycles. The van der Waals surface area contributed by atoms with Crippen molar-refractivity contribution in [3.63, 3.8) is 0 Å². The third kappa shape index (κ3) is 2.68. The Balaban J connectivity index is 2.36. The molecule has 2 N–H and O–H groups in total. The topological polar surface area (TPSA) is 26.0 Å². The highest BCUT2D eigenvalue weighted by atomic mass is 14.6. The minimum atomic E-state index is 0.896. The molecule has 1 nitrogen and oxygen atoms in total. The van der Waals surface area contributed by atoms with Gasteiger partial charge in [-0.15, -0.1) is 0 Å². The van der Waals surface area contributed by atoms with E-state index >= 15 is 0 Å². The monoisotopic (exact) mass is 225 g/mol. The Labute approximate surface area is 103 Å². The molecule has 0 saturated carbocycles. The molecule has 0 heterocycles. The number of nitrogens with two attached hydrogens (primary N) is 1. The van der Waals surface area contributed by atoms with Crippen molar-refractivity contribution in [3.05, 3.63) is 64.2 Å². The first-order chi connectivity index (χ1) is 8.06. The maximum absolute atomic E-state index is 6.01. The zero-order chi connectivity index (χ0) is 12.4. The maximum Gasteiger partial charge on any atom is 0.0349 e. The number of hydrogen-bond acceptors (Lipinski definition) is 1. The summed E-state index contributed by atoms with van der Waals surface area (Å²) in [7, 11) is 0. The normalized spacial score (nSPS) is 10.5. The second-order valence-corrected chi connectivity index (χ2v) is 4.80. The van der Waals surface area contributed by atoms with Crippen LogP contribution in [0.2, 0.25) is 0 Å². The van der Waals surface area contributed by atoms with Crippen LogP contribution >= 0.6 is 0 Å². The largest absolute Gasteiger partial charge is 0.398 e. The summed E-state index contributed by atoms with van der Waals surface area (Å²) in [5, 5.41) is 0. The smallest absolute Gasteiger partial charge is 0.0349 e. The lowest BCUT2D eigenvalue weighted by molar-refractivity contribution is 1.14. The average molecular weight is 225 g/mol. The van der Waals surface area contributed by atoms with Gasteiger partial charge < -0.3 is 5.73 Å². The van der Waals surface area contributed by atoms with Crippen molar-refractivity contribution in [1.82, 2.24) is 0 Å². The minimum absolute atomic E-state index is 0.896. The molecule has 2 rings (SSSR count). The fourth-order valence-corrected chi connectivity index (χ4v) is 2.19. The summed E-state index contributed by atoms with van der Waals surface area (Å²) in [6.45, 7) is 6.32. The second-order valence-electron chi connectivity index (χ2n) is 4.80. The van der Waals surface area contributed by atoms with Gasteiger partial charge in [0.05, 0.1) is 0 Å². The third-order valence-electron chi connectivity index (χ3n) is 3.18. The van der Waals surface area contributed by atoms with Gasteiger partial charge in [0.25, 0.3) is 0 Å². The Kier molecular flexibility index (Phi) is 3.19. The van der Waals surface area contributed by atoms with Crippen molar-refractivity contribution in [1.29, 1.82) is 0 Å². The SMILES string of the molecule is Cc1cccc(Cc2cc(C)cc(N)c2C)c1. The summed E-state index contributed by atoms with van der Waals surface area (Å²) < 4.78 is 0. The van der Waals surface area contributed by atoms with Crippen molar-refractivity contribution < 1.29 is 0 Å². The number of aryl methyl sites for hydroxylation is 2. The summed E-state index contributed by atoms with van der Waals surface area (Å²) in [5.41, 5.74) is 13.3. The highest BCUT2D eigenvalue weighted by Gasteiger charge is 2.04. The number of nitrogen functional groups attached to an aromatic ring is 1. The van der Waals surface area contributed by atoms with E-state index in [4.69, 9.17) is 5.73 Å². The van der Waals surface area contributed by atoms with E-state index in [0.29, 0.717) is 0 Å². The van der Waals surface area contributed by atoms with Crippen LogP contribution in [0.15, 0.2) is 36.4 Å². The molecule has 0 bridgehead atoms. The molecule has 0 aliphatic carbocycles.